The summed E-state index contributed by atoms with van der Waals surface area (Å²) in [5.74, 6) is 1.61. The summed E-state index contributed by atoms with van der Waals surface area (Å²) in [6.07, 6.45) is 1.83. The van der Waals surface area contributed by atoms with E-state index in [2.05, 4.69) is 45.4 Å². The molecule has 1 amide bonds. The first kappa shape index (κ1) is 20.0. The molecule has 2 heterocycles. The number of nitrogens with zero attached hydrogens (tertiary/aromatic N) is 2. The minimum atomic E-state index is -0.356. The number of carbonyl (C=O) groups is 1. The lowest BCUT2D eigenvalue weighted by Gasteiger charge is -2.05. The minimum absolute atomic E-state index is 0.206. The molecule has 30 heavy (non-hydrogen) atoms. The molecule has 4 aromatic rings. The molecule has 2 aromatic heterocycles. The van der Waals surface area contributed by atoms with Gasteiger partial charge in [-0.1, -0.05) is 40.2 Å². The molecule has 0 aliphatic rings. The Labute approximate surface area is 182 Å². The van der Waals surface area contributed by atoms with Crippen molar-refractivity contribution in [2.75, 3.05) is 5.32 Å². The lowest BCUT2D eigenvalue weighted by atomic mass is 10.1. The summed E-state index contributed by atoms with van der Waals surface area (Å²) in [5.41, 5.74) is 2.38. The Hall–Kier alpha value is -3.32. The van der Waals surface area contributed by atoms with Crippen molar-refractivity contribution >= 4 is 27.7 Å². The quantitative estimate of drug-likeness (QED) is 0.395. The van der Waals surface area contributed by atoms with Gasteiger partial charge in [-0.05, 0) is 54.4 Å². The van der Waals surface area contributed by atoms with Crippen LogP contribution in [0.1, 0.15) is 27.4 Å². The minimum Gasteiger partial charge on any atom is -0.486 e. The van der Waals surface area contributed by atoms with E-state index in [4.69, 9.17) is 9.15 Å². The summed E-state index contributed by atoms with van der Waals surface area (Å²) in [6, 6.07) is 20.8. The maximum absolute atomic E-state index is 12.5. The largest absolute Gasteiger partial charge is 0.486 e. The van der Waals surface area contributed by atoms with Crippen LogP contribution < -0.4 is 10.1 Å². The third-order valence-corrected chi connectivity index (χ3v) is 5.08. The lowest BCUT2D eigenvalue weighted by molar-refractivity contribution is 0.0992. The molecule has 0 spiro atoms. The fraction of sp³-hybridized carbons (Fsp3) is 0.130. The van der Waals surface area contributed by atoms with Crippen molar-refractivity contribution in [3.63, 3.8) is 0 Å². The second-order valence-corrected chi connectivity index (χ2v) is 7.70. The van der Waals surface area contributed by atoms with Crippen LogP contribution in [0.4, 0.5) is 5.82 Å². The van der Waals surface area contributed by atoms with Crippen LogP contribution in [0.15, 0.2) is 81.8 Å². The zero-order chi connectivity index (χ0) is 20.9. The van der Waals surface area contributed by atoms with Crippen LogP contribution in [0.3, 0.4) is 0 Å². The summed E-state index contributed by atoms with van der Waals surface area (Å²) in [7, 11) is 0. The third kappa shape index (κ3) is 4.99. The number of hydrogen-bond donors (Lipinski definition) is 1. The van der Waals surface area contributed by atoms with E-state index in [0.717, 1.165) is 10.2 Å². The van der Waals surface area contributed by atoms with Crippen molar-refractivity contribution in [3.05, 3.63) is 100 Å². The fourth-order valence-corrected chi connectivity index (χ4v) is 3.18. The Kier molecular flexibility index (Phi) is 5.99. The summed E-state index contributed by atoms with van der Waals surface area (Å²) in [5, 5.41) is 7.18. The van der Waals surface area contributed by atoms with Gasteiger partial charge in [0.15, 0.2) is 11.6 Å². The molecule has 1 N–H and O–H groups in total. The lowest BCUT2D eigenvalue weighted by Crippen LogP contribution is -2.12. The van der Waals surface area contributed by atoms with Crippen LogP contribution >= 0.6 is 15.9 Å². The number of halogens is 1. The predicted octanol–water partition coefficient (Wildman–Crippen LogP) is 5.43. The second kappa shape index (κ2) is 9.00. The number of amides is 1. The molecule has 0 saturated carbocycles. The molecule has 0 bridgehead atoms. The standard InChI is InChI=1S/C23H20BrN3O3/c1-16-4-2-3-5-17(16)14-27-13-12-22(26-27)25-23(28)21-11-10-20(30-21)15-29-19-8-6-18(24)7-9-19/h2-13H,14-15H2,1H3,(H,25,26,28). The molecule has 0 aliphatic heterocycles. The molecule has 4 rings (SSSR count). The van der Waals surface area contributed by atoms with E-state index in [9.17, 15) is 4.79 Å². The SMILES string of the molecule is Cc1ccccc1Cn1ccc(NC(=O)c2ccc(COc3ccc(Br)cc3)o2)n1. The number of carbonyl (C=O) groups excluding carboxylic acids is 1. The average Bonchev–Trinajstić information content (AvgIpc) is 3.39. The van der Waals surface area contributed by atoms with E-state index in [-0.39, 0.29) is 18.3 Å². The average molecular weight is 466 g/mol. The zero-order valence-corrected chi connectivity index (χ0v) is 17.9. The molecular weight excluding hydrogens is 446 g/mol. The summed E-state index contributed by atoms with van der Waals surface area (Å²) in [4.78, 5) is 12.5. The number of hydrogen-bond acceptors (Lipinski definition) is 4. The molecular formula is C23H20BrN3O3. The highest BCUT2D eigenvalue weighted by atomic mass is 79.9. The summed E-state index contributed by atoms with van der Waals surface area (Å²) >= 11 is 3.38. The van der Waals surface area contributed by atoms with Gasteiger partial charge < -0.3 is 14.5 Å². The number of anilines is 1. The van der Waals surface area contributed by atoms with E-state index in [1.165, 1.54) is 11.1 Å². The highest BCUT2D eigenvalue weighted by Crippen LogP contribution is 2.18. The first-order valence-electron chi connectivity index (χ1n) is 9.43. The Bertz CT molecular complexity index is 1150. The van der Waals surface area contributed by atoms with E-state index < -0.39 is 0 Å². The van der Waals surface area contributed by atoms with Gasteiger partial charge in [-0.25, -0.2) is 0 Å². The molecule has 0 atom stereocenters. The van der Waals surface area contributed by atoms with Crippen molar-refractivity contribution in [3.8, 4) is 5.75 Å². The van der Waals surface area contributed by atoms with Gasteiger partial charge in [-0.2, -0.15) is 5.10 Å². The van der Waals surface area contributed by atoms with E-state index in [0.29, 0.717) is 18.1 Å². The maximum atomic E-state index is 12.5. The first-order valence-corrected chi connectivity index (χ1v) is 10.2. The number of aryl methyl sites for hydroxylation is 1. The number of nitrogens with one attached hydrogen (secondary N) is 1. The maximum Gasteiger partial charge on any atom is 0.292 e. The van der Waals surface area contributed by atoms with E-state index >= 15 is 0 Å². The van der Waals surface area contributed by atoms with Gasteiger partial charge >= 0.3 is 0 Å². The molecule has 0 fully saturated rings. The van der Waals surface area contributed by atoms with Gasteiger partial charge in [-0.3, -0.25) is 9.48 Å². The van der Waals surface area contributed by atoms with Crippen LogP contribution in [-0.2, 0) is 13.2 Å². The second-order valence-electron chi connectivity index (χ2n) is 6.79. The van der Waals surface area contributed by atoms with Gasteiger partial charge in [0, 0.05) is 16.7 Å². The highest BCUT2D eigenvalue weighted by molar-refractivity contribution is 9.10. The normalized spacial score (nSPS) is 10.7. The number of ether oxygens (including phenoxy) is 1. The molecule has 0 aliphatic carbocycles. The van der Waals surface area contributed by atoms with Gasteiger partial charge in [0.2, 0.25) is 0 Å². The Morgan fingerprint density at radius 2 is 1.90 bits per heavy atom. The number of benzene rings is 2. The molecule has 6 nitrogen and oxygen atoms in total. The smallest absolute Gasteiger partial charge is 0.292 e. The van der Waals surface area contributed by atoms with E-state index in [1.807, 2.05) is 42.6 Å². The predicted molar refractivity (Wildman–Crippen MR) is 118 cm³/mol. The van der Waals surface area contributed by atoms with Gasteiger partial charge in [-0.15, -0.1) is 0 Å². The van der Waals surface area contributed by atoms with E-state index in [1.54, 1.807) is 22.9 Å². The Balaban J connectivity index is 1.34. The number of rotatable bonds is 7. The molecule has 0 radical (unpaired) electrons. The Morgan fingerprint density at radius 3 is 2.70 bits per heavy atom. The molecule has 7 heteroatoms. The molecule has 2 aromatic carbocycles. The summed E-state index contributed by atoms with van der Waals surface area (Å²) < 4.78 is 14.0. The number of furan rings is 1. The topological polar surface area (TPSA) is 69.3 Å². The van der Waals surface area contributed by atoms with Crippen LogP contribution in [0.5, 0.6) is 5.75 Å². The molecule has 0 saturated heterocycles. The van der Waals surface area contributed by atoms with Crippen molar-refractivity contribution in [1.82, 2.24) is 9.78 Å². The van der Waals surface area contributed by atoms with Gasteiger partial charge in [0.1, 0.15) is 18.1 Å². The third-order valence-electron chi connectivity index (χ3n) is 4.56. The molecule has 152 valence electrons. The molecule has 0 unspecified atom stereocenters. The van der Waals surface area contributed by atoms with Gasteiger partial charge in [0.25, 0.3) is 5.91 Å². The van der Waals surface area contributed by atoms with Crippen molar-refractivity contribution in [1.29, 1.82) is 0 Å². The highest BCUT2D eigenvalue weighted by Gasteiger charge is 2.13. The van der Waals surface area contributed by atoms with Crippen LogP contribution in [0.2, 0.25) is 0 Å². The van der Waals surface area contributed by atoms with Gasteiger partial charge in [0.05, 0.1) is 6.54 Å². The van der Waals surface area contributed by atoms with Crippen molar-refractivity contribution in [2.45, 2.75) is 20.1 Å². The first-order chi connectivity index (χ1) is 14.6. The monoisotopic (exact) mass is 465 g/mol. The van der Waals surface area contributed by atoms with Crippen molar-refractivity contribution < 1.29 is 13.9 Å². The number of aromatic nitrogens is 2. The fourth-order valence-electron chi connectivity index (χ4n) is 2.92. The van der Waals surface area contributed by atoms with Crippen LogP contribution in [0, 0.1) is 6.92 Å². The zero-order valence-electron chi connectivity index (χ0n) is 16.3. The summed E-state index contributed by atoms with van der Waals surface area (Å²) in [6.45, 7) is 2.94. The van der Waals surface area contributed by atoms with Crippen LogP contribution in [-0.4, -0.2) is 15.7 Å². The Morgan fingerprint density at radius 1 is 1.10 bits per heavy atom. The van der Waals surface area contributed by atoms with Crippen LogP contribution in [0.25, 0.3) is 0 Å². The van der Waals surface area contributed by atoms with Crippen molar-refractivity contribution in [2.24, 2.45) is 0 Å².